The van der Waals surface area contributed by atoms with Crippen LogP contribution in [0.25, 0.3) is 10.9 Å². The smallest absolute Gasteiger partial charge is 0.191 e. The quantitative estimate of drug-likeness (QED) is 0.412. The minimum atomic E-state index is -0.273. The van der Waals surface area contributed by atoms with Gasteiger partial charge in [0.1, 0.15) is 11.6 Å². The lowest BCUT2D eigenvalue weighted by atomic mass is 10.1. The van der Waals surface area contributed by atoms with Gasteiger partial charge in [-0.3, -0.25) is 4.99 Å². The number of aromatic nitrogens is 1. The Morgan fingerprint density at radius 1 is 1.17 bits per heavy atom. The molecule has 0 amide bonds. The van der Waals surface area contributed by atoms with E-state index in [9.17, 15) is 4.39 Å². The van der Waals surface area contributed by atoms with Gasteiger partial charge in [-0.1, -0.05) is 18.2 Å². The van der Waals surface area contributed by atoms with E-state index in [1.165, 1.54) is 23.1 Å². The number of aromatic amines is 1. The van der Waals surface area contributed by atoms with E-state index in [1.54, 1.807) is 0 Å². The Labute approximate surface area is 175 Å². The predicted octanol–water partition coefficient (Wildman–Crippen LogP) is 3.51. The van der Waals surface area contributed by atoms with Gasteiger partial charge in [0.05, 0.1) is 6.61 Å². The van der Waals surface area contributed by atoms with Crippen LogP contribution in [-0.4, -0.2) is 37.4 Å². The number of nitrogens with zero attached hydrogens (tertiary/aromatic N) is 1. The van der Waals surface area contributed by atoms with E-state index in [4.69, 9.17) is 9.47 Å². The maximum Gasteiger partial charge on any atom is 0.191 e. The highest BCUT2D eigenvalue weighted by Crippen LogP contribution is 2.29. The van der Waals surface area contributed by atoms with Crippen molar-refractivity contribution in [3.8, 4) is 5.75 Å². The summed E-state index contributed by atoms with van der Waals surface area (Å²) in [5.41, 5.74) is 4.01. The highest BCUT2D eigenvalue weighted by Gasteiger charge is 2.16. The fourth-order valence-electron chi connectivity index (χ4n) is 3.73. The van der Waals surface area contributed by atoms with E-state index in [2.05, 4.69) is 45.0 Å². The zero-order valence-corrected chi connectivity index (χ0v) is 17.1. The molecule has 0 bridgehead atoms. The molecule has 30 heavy (non-hydrogen) atoms. The number of nitrogens with one attached hydrogen (secondary N) is 3. The predicted molar refractivity (Wildman–Crippen MR) is 116 cm³/mol. The number of benzene rings is 2. The van der Waals surface area contributed by atoms with E-state index in [0.29, 0.717) is 19.6 Å². The number of fused-ring (bicyclic) bond motifs is 2. The molecule has 0 spiro atoms. The van der Waals surface area contributed by atoms with Crippen LogP contribution in [0.5, 0.6) is 5.75 Å². The maximum atomic E-state index is 13.9. The summed E-state index contributed by atoms with van der Waals surface area (Å²) in [6.07, 6.45) is 3.55. The van der Waals surface area contributed by atoms with Crippen molar-refractivity contribution >= 4 is 16.9 Å². The van der Waals surface area contributed by atoms with Crippen molar-refractivity contribution in [2.75, 3.05) is 26.4 Å². The van der Waals surface area contributed by atoms with Gasteiger partial charge < -0.3 is 25.1 Å². The minimum absolute atomic E-state index is 0.201. The summed E-state index contributed by atoms with van der Waals surface area (Å²) < 4.78 is 24.7. The zero-order chi connectivity index (χ0) is 20.8. The van der Waals surface area contributed by atoms with Gasteiger partial charge in [0, 0.05) is 42.3 Å². The first kappa shape index (κ1) is 20.2. The molecule has 3 aromatic rings. The lowest BCUT2D eigenvalue weighted by molar-refractivity contribution is -0.0172. The fraction of sp³-hybridized carbons (Fsp3) is 0.348. The maximum absolute atomic E-state index is 13.9. The molecule has 2 heterocycles. The SMILES string of the molecule is CCNC(=NCCc1cc(F)cc2c1OCOC2)NCCc1c[nH]c2ccccc12. The van der Waals surface area contributed by atoms with Crippen LogP contribution < -0.4 is 15.4 Å². The Morgan fingerprint density at radius 3 is 2.97 bits per heavy atom. The van der Waals surface area contributed by atoms with Gasteiger partial charge in [-0.2, -0.15) is 0 Å². The third kappa shape index (κ3) is 4.74. The van der Waals surface area contributed by atoms with Crippen molar-refractivity contribution in [3.05, 3.63) is 65.1 Å². The summed E-state index contributed by atoms with van der Waals surface area (Å²) >= 11 is 0. The van der Waals surface area contributed by atoms with Crippen molar-refractivity contribution in [1.82, 2.24) is 15.6 Å². The van der Waals surface area contributed by atoms with Crippen molar-refractivity contribution in [2.45, 2.75) is 26.4 Å². The number of hydrogen-bond acceptors (Lipinski definition) is 3. The molecule has 7 heteroatoms. The molecule has 158 valence electrons. The Bertz CT molecular complexity index is 1030. The molecule has 0 radical (unpaired) electrons. The summed E-state index contributed by atoms with van der Waals surface area (Å²) in [6, 6.07) is 11.3. The van der Waals surface area contributed by atoms with Crippen LogP contribution in [0.2, 0.25) is 0 Å². The highest BCUT2D eigenvalue weighted by molar-refractivity contribution is 5.83. The van der Waals surface area contributed by atoms with Gasteiger partial charge >= 0.3 is 0 Å². The van der Waals surface area contributed by atoms with Gasteiger partial charge in [-0.15, -0.1) is 0 Å². The van der Waals surface area contributed by atoms with E-state index < -0.39 is 0 Å². The minimum Gasteiger partial charge on any atom is -0.467 e. The van der Waals surface area contributed by atoms with E-state index in [1.807, 2.05) is 13.0 Å². The number of ether oxygens (including phenoxy) is 2. The average molecular weight is 410 g/mol. The lowest BCUT2D eigenvalue weighted by Gasteiger charge is -2.20. The standard InChI is InChI=1S/C23H27FN4O2/c1-2-25-23(27-10-8-17-13-28-21-6-4-3-5-20(17)21)26-9-7-16-11-19(24)12-18-14-29-15-30-22(16)18/h3-6,11-13,28H,2,7-10,14-15H2,1H3,(H2,25,26,27). The molecule has 0 saturated heterocycles. The molecule has 0 aliphatic carbocycles. The molecular formula is C23H27FN4O2. The monoisotopic (exact) mass is 410 g/mol. The summed E-state index contributed by atoms with van der Waals surface area (Å²) in [5, 5.41) is 7.90. The number of H-pyrrole nitrogens is 1. The first-order chi connectivity index (χ1) is 14.7. The third-order valence-corrected chi connectivity index (χ3v) is 5.11. The number of guanidine groups is 1. The Balaban J connectivity index is 1.35. The molecule has 1 aliphatic heterocycles. The van der Waals surface area contributed by atoms with E-state index >= 15 is 0 Å². The van der Waals surface area contributed by atoms with Crippen LogP contribution in [0.15, 0.2) is 47.6 Å². The molecule has 1 aliphatic rings. The first-order valence-electron chi connectivity index (χ1n) is 10.3. The van der Waals surface area contributed by atoms with Crippen molar-refractivity contribution in [1.29, 1.82) is 0 Å². The zero-order valence-electron chi connectivity index (χ0n) is 17.1. The molecule has 2 aromatic carbocycles. The molecule has 3 N–H and O–H groups in total. The van der Waals surface area contributed by atoms with Crippen LogP contribution in [0.3, 0.4) is 0 Å². The lowest BCUT2D eigenvalue weighted by Crippen LogP contribution is -2.38. The molecule has 4 rings (SSSR count). The fourth-order valence-corrected chi connectivity index (χ4v) is 3.73. The third-order valence-electron chi connectivity index (χ3n) is 5.11. The number of aliphatic imine (C=N–C) groups is 1. The van der Waals surface area contributed by atoms with Crippen LogP contribution >= 0.6 is 0 Å². The van der Waals surface area contributed by atoms with E-state index in [0.717, 1.165) is 47.9 Å². The largest absolute Gasteiger partial charge is 0.467 e. The summed E-state index contributed by atoms with van der Waals surface area (Å²) in [4.78, 5) is 7.95. The molecule has 0 atom stereocenters. The Morgan fingerprint density at radius 2 is 2.07 bits per heavy atom. The van der Waals surface area contributed by atoms with Crippen molar-refractivity contribution < 1.29 is 13.9 Å². The Hall–Kier alpha value is -3.06. The molecular weight excluding hydrogens is 383 g/mol. The second kappa shape index (κ2) is 9.63. The normalized spacial score (nSPS) is 13.7. The number of halogens is 1. The molecule has 0 unspecified atom stereocenters. The summed E-state index contributed by atoms with van der Waals surface area (Å²) in [6.45, 7) is 4.68. The highest BCUT2D eigenvalue weighted by atomic mass is 19.1. The van der Waals surface area contributed by atoms with Gasteiger partial charge in [0.15, 0.2) is 12.8 Å². The summed E-state index contributed by atoms with van der Waals surface area (Å²) in [5.74, 6) is 1.22. The number of hydrogen-bond donors (Lipinski definition) is 3. The van der Waals surface area contributed by atoms with Gasteiger partial charge in [-0.05, 0) is 49.1 Å². The van der Waals surface area contributed by atoms with Crippen LogP contribution in [0.4, 0.5) is 4.39 Å². The van der Waals surface area contributed by atoms with Crippen molar-refractivity contribution in [3.63, 3.8) is 0 Å². The second-order valence-corrected chi connectivity index (χ2v) is 7.21. The topological polar surface area (TPSA) is 70.7 Å². The average Bonchev–Trinajstić information content (AvgIpc) is 3.17. The van der Waals surface area contributed by atoms with Crippen molar-refractivity contribution in [2.24, 2.45) is 4.99 Å². The number of para-hydroxylation sites is 1. The van der Waals surface area contributed by atoms with E-state index in [-0.39, 0.29) is 12.6 Å². The Kier molecular flexibility index (Phi) is 6.49. The van der Waals surface area contributed by atoms with Gasteiger partial charge in [0.2, 0.25) is 0 Å². The van der Waals surface area contributed by atoms with Crippen LogP contribution in [0.1, 0.15) is 23.6 Å². The molecule has 1 aromatic heterocycles. The van der Waals surface area contributed by atoms with Crippen LogP contribution in [0, 0.1) is 5.82 Å². The van der Waals surface area contributed by atoms with Gasteiger partial charge in [0.25, 0.3) is 0 Å². The van der Waals surface area contributed by atoms with Crippen LogP contribution in [-0.2, 0) is 24.2 Å². The van der Waals surface area contributed by atoms with Gasteiger partial charge in [-0.25, -0.2) is 4.39 Å². The molecule has 0 saturated carbocycles. The second-order valence-electron chi connectivity index (χ2n) is 7.21. The molecule has 6 nitrogen and oxygen atoms in total. The summed E-state index contributed by atoms with van der Waals surface area (Å²) in [7, 11) is 0. The molecule has 0 fully saturated rings. The number of rotatable bonds is 7. The first-order valence-corrected chi connectivity index (χ1v) is 10.3.